The maximum atomic E-state index is 14.5. The number of aromatic nitrogens is 4. The van der Waals surface area contributed by atoms with Crippen molar-refractivity contribution in [2.75, 3.05) is 34.8 Å². The summed E-state index contributed by atoms with van der Waals surface area (Å²) in [4.78, 5) is 39.9. The van der Waals surface area contributed by atoms with Crippen LogP contribution in [0, 0.1) is 5.82 Å². The van der Waals surface area contributed by atoms with Gasteiger partial charge in [0, 0.05) is 43.1 Å². The van der Waals surface area contributed by atoms with E-state index in [1.165, 1.54) is 28.0 Å². The second-order valence-corrected chi connectivity index (χ2v) is 10.6. The molecule has 37 heavy (non-hydrogen) atoms. The van der Waals surface area contributed by atoms with Crippen LogP contribution in [0.3, 0.4) is 0 Å². The second-order valence-electron chi connectivity index (χ2n) is 10.6. The Morgan fingerprint density at radius 2 is 1.89 bits per heavy atom. The van der Waals surface area contributed by atoms with Gasteiger partial charge >= 0.3 is 12.1 Å². The number of nitrogens with one attached hydrogen (secondary N) is 1. The van der Waals surface area contributed by atoms with E-state index in [4.69, 9.17) is 4.74 Å². The molecule has 3 aromatic rings. The number of pyridine rings is 2. The van der Waals surface area contributed by atoms with Gasteiger partial charge in [0.25, 0.3) is 0 Å². The van der Waals surface area contributed by atoms with E-state index in [0.29, 0.717) is 37.5 Å². The first kappa shape index (κ1) is 24.7. The fourth-order valence-corrected chi connectivity index (χ4v) is 5.07. The van der Waals surface area contributed by atoms with Crippen molar-refractivity contribution in [2.45, 2.75) is 58.7 Å². The Morgan fingerprint density at radius 3 is 2.59 bits per heavy atom. The highest BCUT2D eigenvalue weighted by atomic mass is 19.1. The Labute approximate surface area is 214 Å². The summed E-state index contributed by atoms with van der Waals surface area (Å²) in [5.41, 5.74) is 1.73. The predicted octanol–water partition coefficient (Wildman–Crippen LogP) is 3.69. The smallest absolute Gasteiger partial charge is 0.410 e. The number of carbonyl (C=O) groups is 2. The molecule has 0 saturated carbocycles. The minimum Gasteiger partial charge on any atom is -0.444 e. The van der Waals surface area contributed by atoms with Gasteiger partial charge in [-0.3, -0.25) is 9.80 Å². The number of ether oxygens (including phenoxy) is 1. The summed E-state index contributed by atoms with van der Waals surface area (Å²) < 4.78 is 21.5. The highest BCUT2D eigenvalue weighted by Crippen LogP contribution is 2.36. The lowest BCUT2D eigenvalue weighted by atomic mass is 10.1. The van der Waals surface area contributed by atoms with E-state index in [-0.39, 0.29) is 23.9 Å². The molecule has 0 unspecified atom stereocenters. The summed E-state index contributed by atoms with van der Waals surface area (Å²) in [6.07, 6.45) is 4.69. The van der Waals surface area contributed by atoms with Crippen LogP contribution in [0.5, 0.6) is 0 Å². The number of amides is 3. The molecular weight excluding hydrogens is 479 g/mol. The fourth-order valence-electron chi connectivity index (χ4n) is 5.07. The first-order valence-corrected chi connectivity index (χ1v) is 12.3. The van der Waals surface area contributed by atoms with Gasteiger partial charge in [0.15, 0.2) is 11.5 Å². The molecule has 2 aliphatic rings. The quantitative estimate of drug-likeness (QED) is 0.560. The molecule has 1 fully saturated rings. The molecule has 3 aromatic heterocycles. The average Bonchev–Trinajstić information content (AvgIpc) is 3.44. The standard InChI is InChI=1S/C25H31FN8O3/c1-15-11-31(12-16(2)34(15)24(36)37-25(3,4)5)20-6-8-27-22-17(20)7-9-32(22)23(35)30-19-13-33-21(10-18(19)26)28-14-29-33/h6,8,10,13-16H,7,9,11-12H2,1-5H3,(H,30,35)/t15-,16+. The first-order chi connectivity index (χ1) is 17.5. The van der Waals surface area contributed by atoms with E-state index in [9.17, 15) is 14.0 Å². The number of hydrogen-bond acceptors (Lipinski definition) is 7. The third kappa shape index (κ3) is 4.75. The van der Waals surface area contributed by atoms with Crippen molar-refractivity contribution in [3.8, 4) is 0 Å². The second kappa shape index (κ2) is 9.16. The van der Waals surface area contributed by atoms with Gasteiger partial charge in [-0.1, -0.05) is 0 Å². The number of fused-ring (bicyclic) bond motifs is 2. The lowest BCUT2D eigenvalue weighted by molar-refractivity contribution is 0.00565. The summed E-state index contributed by atoms with van der Waals surface area (Å²) in [6, 6.07) is 2.55. The third-order valence-electron chi connectivity index (χ3n) is 6.57. The molecule has 0 aromatic carbocycles. The van der Waals surface area contributed by atoms with Gasteiger partial charge in [-0.15, -0.1) is 0 Å². The minimum atomic E-state index is -0.596. The van der Waals surface area contributed by atoms with Gasteiger partial charge in [-0.05, 0) is 47.1 Å². The molecule has 0 aliphatic carbocycles. The summed E-state index contributed by atoms with van der Waals surface area (Å²) in [6.45, 7) is 11.3. The zero-order valence-electron chi connectivity index (χ0n) is 21.6. The highest BCUT2D eigenvalue weighted by Gasteiger charge is 2.37. The molecular formula is C25H31FN8O3. The molecule has 1 saturated heterocycles. The molecule has 3 amide bonds. The molecule has 0 spiro atoms. The number of anilines is 3. The monoisotopic (exact) mass is 510 g/mol. The lowest BCUT2D eigenvalue weighted by Gasteiger charge is -2.45. The van der Waals surface area contributed by atoms with Crippen molar-refractivity contribution in [2.24, 2.45) is 0 Å². The number of hydrogen-bond donors (Lipinski definition) is 1. The Bertz CT molecular complexity index is 1340. The zero-order chi connectivity index (χ0) is 26.5. The molecule has 2 atom stereocenters. The summed E-state index contributed by atoms with van der Waals surface area (Å²) in [5, 5.41) is 6.63. The Kier molecular flexibility index (Phi) is 6.12. The number of carbonyl (C=O) groups excluding carboxylic acids is 2. The molecule has 0 radical (unpaired) electrons. The van der Waals surface area contributed by atoms with E-state index >= 15 is 0 Å². The van der Waals surface area contributed by atoms with Gasteiger partial charge < -0.3 is 15.0 Å². The van der Waals surface area contributed by atoms with Crippen LogP contribution in [0.4, 0.5) is 31.2 Å². The normalized spacial score (nSPS) is 19.8. The van der Waals surface area contributed by atoms with Crippen LogP contribution in [0.25, 0.3) is 5.65 Å². The zero-order valence-corrected chi connectivity index (χ0v) is 21.6. The first-order valence-electron chi connectivity index (χ1n) is 12.3. The van der Waals surface area contributed by atoms with Crippen molar-refractivity contribution in [1.82, 2.24) is 24.5 Å². The van der Waals surface area contributed by atoms with Crippen LogP contribution in [-0.2, 0) is 11.2 Å². The lowest BCUT2D eigenvalue weighted by Crippen LogP contribution is -2.59. The molecule has 196 valence electrons. The number of urea groups is 1. The molecule has 12 heteroatoms. The van der Waals surface area contributed by atoms with E-state index in [0.717, 1.165) is 11.3 Å². The van der Waals surface area contributed by atoms with Gasteiger partial charge in [-0.2, -0.15) is 5.10 Å². The Balaban J connectivity index is 1.33. The van der Waals surface area contributed by atoms with Gasteiger partial charge in [-0.25, -0.2) is 28.5 Å². The molecule has 2 aliphatic heterocycles. The molecule has 0 bridgehead atoms. The van der Waals surface area contributed by atoms with Crippen LogP contribution in [0.2, 0.25) is 0 Å². The van der Waals surface area contributed by atoms with Crippen LogP contribution < -0.4 is 15.1 Å². The van der Waals surface area contributed by atoms with Gasteiger partial charge in [0.2, 0.25) is 0 Å². The van der Waals surface area contributed by atoms with E-state index in [2.05, 4.69) is 25.3 Å². The summed E-state index contributed by atoms with van der Waals surface area (Å²) in [5.74, 6) is -0.0482. The number of piperazine rings is 1. The van der Waals surface area contributed by atoms with Crippen LogP contribution in [0.1, 0.15) is 40.2 Å². The average molecular weight is 511 g/mol. The molecule has 5 rings (SSSR count). The predicted molar refractivity (Wildman–Crippen MR) is 136 cm³/mol. The van der Waals surface area contributed by atoms with Crippen molar-refractivity contribution in [3.63, 3.8) is 0 Å². The maximum absolute atomic E-state index is 14.5. The topological polar surface area (TPSA) is 108 Å². The number of nitrogens with zero attached hydrogens (tertiary/aromatic N) is 7. The van der Waals surface area contributed by atoms with Gasteiger partial charge in [0.05, 0.1) is 24.0 Å². The largest absolute Gasteiger partial charge is 0.444 e. The van der Waals surface area contributed by atoms with Crippen LogP contribution in [-0.4, -0.2) is 73.9 Å². The number of rotatable bonds is 2. The summed E-state index contributed by atoms with van der Waals surface area (Å²) >= 11 is 0. The van der Waals surface area contributed by atoms with Crippen molar-refractivity contribution < 1.29 is 18.7 Å². The van der Waals surface area contributed by atoms with E-state index < -0.39 is 17.4 Å². The Morgan fingerprint density at radius 1 is 1.16 bits per heavy atom. The molecule has 11 nitrogen and oxygen atoms in total. The SMILES string of the molecule is C[C@@H]1CN(c2ccnc3c2CCN3C(=O)Nc2cn3ncnc3cc2F)C[C@H](C)N1C(=O)OC(C)(C)C. The number of halogens is 1. The van der Waals surface area contributed by atoms with Crippen molar-refractivity contribution in [1.29, 1.82) is 0 Å². The molecule has 5 heterocycles. The van der Waals surface area contributed by atoms with E-state index in [1.54, 1.807) is 11.1 Å². The van der Waals surface area contributed by atoms with Crippen molar-refractivity contribution in [3.05, 3.63) is 42.2 Å². The van der Waals surface area contributed by atoms with Crippen LogP contribution in [0.15, 0.2) is 30.9 Å². The van der Waals surface area contributed by atoms with Gasteiger partial charge in [0.1, 0.15) is 17.7 Å². The van der Waals surface area contributed by atoms with E-state index in [1.807, 2.05) is 40.7 Å². The van der Waals surface area contributed by atoms with Crippen LogP contribution >= 0.6 is 0 Å². The van der Waals surface area contributed by atoms with Crippen molar-refractivity contribution >= 4 is 35.0 Å². The third-order valence-corrected chi connectivity index (χ3v) is 6.57. The fraction of sp³-hybridized carbons (Fsp3) is 0.480. The summed E-state index contributed by atoms with van der Waals surface area (Å²) in [7, 11) is 0. The minimum absolute atomic E-state index is 0.00789. The molecule has 1 N–H and O–H groups in total. The Hall–Kier alpha value is -3.96. The maximum Gasteiger partial charge on any atom is 0.410 e. The highest BCUT2D eigenvalue weighted by molar-refractivity contribution is 6.03.